The van der Waals surface area contributed by atoms with Gasteiger partial charge in [0.2, 0.25) is 11.8 Å². The fraction of sp³-hybridized carbons (Fsp3) is 0.529. The molecule has 5 heteroatoms. The van der Waals surface area contributed by atoms with Gasteiger partial charge in [-0.15, -0.1) is 0 Å². The average molecular weight is 304 g/mol. The summed E-state index contributed by atoms with van der Waals surface area (Å²) >= 11 is 0. The lowest BCUT2D eigenvalue weighted by molar-refractivity contribution is -0.127. The second-order valence-electron chi connectivity index (χ2n) is 5.94. The number of aryl methyl sites for hydroxylation is 3. The van der Waals surface area contributed by atoms with Crippen molar-refractivity contribution in [3.8, 4) is 0 Å². The van der Waals surface area contributed by atoms with Crippen molar-refractivity contribution in [1.82, 2.24) is 5.32 Å². The largest absolute Gasteiger partial charge is 0.376 e. The number of carbonyl (C=O) groups excluding carboxylic acids is 2. The molecule has 0 bridgehead atoms. The first-order chi connectivity index (χ1) is 10.5. The van der Waals surface area contributed by atoms with E-state index in [1.165, 1.54) is 0 Å². The molecule has 1 aliphatic rings. The third-order valence-corrected chi connectivity index (χ3v) is 3.81. The molecule has 1 aliphatic heterocycles. The second kappa shape index (κ2) is 7.40. The predicted octanol–water partition coefficient (Wildman–Crippen LogP) is 2.24. The molecule has 2 rings (SSSR count). The number of hydrogen-bond donors (Lipinski definition) is 2. The molecule has 120 valence electrons. The van der Waals surface area contributed by atoms with Crippen LogP contribution in [0, 0.1) is 20.8 Å². The maximum atomic E-state index is 12.0. The van der Waals surface area contributed by atoms with E-state index in [-0.39, 0.29) is 24.3 Å². The van der Waals surface area contributed by atoms with Gasteiger partial charge in [-0.2, -0.15) is 0 Å². The van der Waals surface area contributed by atoms with Crippen molar-refractivity contribution in [2.75, 3.05) is 18.5 Å². The highest BCUT2D eigenvalue weighted by Crippen LogP contribution is 2.22. The van der Waals surface area contributed by atoms with Crippen molar-refractivity contribution in [1.29, 1.82) is 0 Å². The maximum Gasteiger partial charge on any atom is 0.233 e. The Balaban J connectivity index is 1.83. The molecule has 2 amide bonds. The Morgan fingerprint density at radius 1 is 1.18 bits per heavy atom. The first kappa shape index (κ1) is 16.5. The van der Waals surface area contributed by atoms with Crippen LogP contribution in [0.1, 0.15) is 36.0 Å². The molecular weight excluding hydrogens is 280 g/mol. The van der Waals surface area contributed by atoms with Crippen LogP contribution in [0.4, 0.5) is 5.69 Å². The van der Waals surface area contributed by atoms with Gasteiger partial charge in [-0.05, 0) is 44.7 Å². The zero-order valence-corrected chi connectivity index (χ0v) is 13.5. The lowest BCUT2D eigenvalue weighted by Crippen LogP contribution is -2.34. The Labute approximate surface area is 131 Å². The van der Waals surface area contributed by atoms with Gasteiger partial charge in [0.15, 0.2) is 0 Å². The Morgan fingerprint density at radius 2 is 1.86 bits per heavy atom. The summed E-state index contributed by atoms with van der Waals surface area (Å²) in [6.45, 7) is 7.16. The number of rotatable bonds is 5. The minimum atomic E-state index is -0.292. The highest BCUT2D eigenvalue weighted by Gasteiger charge is 2.17. The number of hydrogen-bond acceptors (Lipinski definition) is 3. The van der Waals surface area contributed by atoms with E-state index in [1.54, 1.807) is 0 Å². The van der Waals surface area contributed by atoms with Crippen LogP contribution in [-0.2, 0) is 14.3 Å². The van der Waals surface area contributed by atoms with Gasteiger partial charge in [-0.25, -0.2) is 0 Å². The highest BCUT2D eigenvalue weighted by molar-refractivity contribution is 6.04. The summed E-state index contributed by atoms with van der Waals surface area (Å²) in [5.74, 6) is -0.560. The standard InChI is InChI=1S/C17H24N2O3/c1-11-7-12(2)17(13(3)8-11)19-16(21)9-15(20)18-10-14-5-4-6-22-14/h7-8,14H,4-6,9-10H2,1-3H3,(H,18,20)(H,19,21). The van der Waals surface area contributed by atoms with Gasteiger partial charge in [0.1, 0.15) is 6.42 Å². The maximum absolute atomic E-state index is 12.0. The summed E-state index contributed by atoms with van der Waals surface area (Å²) in [4.78, 5) is 23.8. The van der Waals surface area contributed by atoms with Gasteiger partial charge >= 0.3 is 0 Å². The van der Waals surface area contributed by atoms with Crippen LogP contribution >= 0.6 is 0 Å². The summed E-state index contributed by atoms with van der Waals surface area (Å²) in [5.41, 5.74) is 3.96. The molecular formula is C17H24N2O3. The molecule has 0 saturated carbocycles. The minimum absolute atomic E-state index is 0.0913. The van der Waals surface area contributed by atoms with Crippen molar-refractivity contribution < 1.29 is 14.3 Å². The fourth-order valence-electron chi connectivity index (χ4n) is 2.80. The predicted molar refractivity (Wildman–Crippen MR) is 85.9 cm³/mol. The first-order valence-electron chi connectivity index (χ1n) is 7.71. The molecule has 1 unspecified atom stereocenters. The fourth-order valence-corrected chi connectivity index (χ4v) is 2.80. The van der Waals surface area contributed by atoms with Crippen LogP contribution < -0.4 is 10.6 Å². The number of benzene rings is 1. The van der Waals surface area contributed by atoms with Crippen molar-refractivity contribution in [3.05, 3.63) is 28.8 Å². The van der Waals surface area contributed by atoms with Crippen LogP contribution in [0.25, 0.3) is 0 Å². The number of anilines is 1. The van der Waals surface area contributed by atoms with Gasteiger partial charge in [0, 0.05) is 18.8 Å². The Hall–Kier alpha value is -1.88. The normalized spacial score (nSPS) is 17.3. The van der Waals surface area contributed by atoms with Gasteiger partial charge in [-0.3, -0.25) is 9.59 Å². The highest BCUT2D eigenvalue weighted by atomic mass is 16.5. The van der Waals surface area contributed by atoms with E-state index in [9.17, 15) is 9.59 Å². The molecule has 2 N–H and O–H groups in total. The van der Waals surface area contributed by atoms with E-state index in [2.05, 4.69) is 10.6 Å². The monoisotopic (exact) mass is 304 g/mol. The third-order valence-electron chi connectivity index (χ3n) is 3.81. The van der Waals surface area contributed by atoms with Crippen molar-refractivity contribution >= 4 is 17.5 Å². The summed E-state index contributed by atoms with van der Waals surface area (Å²) in [6, 6.07) is 4.03. The van der Waals surface area contributed by atoms with Crippen LogP contribution in [0.3, 0.4) is 0 Å². The molecule has 1 fully saturated rings. The van der Waals surface area contributed by atoms with Gasteiger partial charge < -0.3 is 15.4 Å². The zero-order chi connectivity index (χ0) is 16.1. The van der Waals surface area contributed by atoms with Gasteiger partial charge in [0.25, 0.3) is 0 Å². The van der Waals surface area contributed by atoms with E-state index in [1.807, 2.05) is 32.9 Å². The molecule has 0 aromatic heterocycles. The molecule has 1 saturated heterocycles. The minimum Gasteiger partial charge on any atom is -0.376 e. The second-order valence-corrected chi connectivity index (χ2v) is 5.94. The molecule has 5 nitrogen and oxygen atoms in total. The average Bonchev–Trinajstić information content (AvgIpc) is 2.94. The lowest BCUT2D eigenvalue weighted by Gasteiger charge is -2.13. The van der Waals surface area contributed by atoms with E-state index < -0.39 is 0 Å². The third kappa shape index (κ3) is 4.56. The van der Waals surface area contributed by atoms with E-state index in [4.69, 9.17) is 4.74 Å². The van der Waals surface area contributed by atoms with Gasteiger partial charge in [-0.1, -0.05) is 17.7 Å². The topological polar surface area (TPSA) is 67.4 Å². The lowest BCUT2D eigenvalue weighted by atomic mass is 10.0. The first-order valence-corrected chi connectivity index (χ1v) is 7.71. The summed E-state index contributed by atoms with van der Waals surface area (Å²) in [7, 11) is 0. The molecule has 1 atom stereocenters. The Bertz CT molecular complexity index is 540. The van der Waals surface area contributed by atoms with E-state index in [0.29, 0.717) is 6.54 Å². The molecule has 22 heavy (non-hydrogen) atoms. The van der Waals surface area contributed by atoms with Crippen molar-refractivity contribution in [3.63, 3.8) is 0 Å². The van der Waals surface area contributed by atoms with Crippen LogP contribution in [0.15, 0.2) is 12.1 Å². The SMILES string of the molecule is Cc1cc(C)c(NC(=O)CC(=O)NCC2CCCO2)c(C)c1. The molecule has 1 heterocycles. The quantitative estimate of drug-likeness (QED) is 0.820. The van der Waals surface area contributed by atoms with E-state index in [0.717, 1.165) is 41.8 Å². The molecule has 0 aliphatic carbocycles. The number of ether oxygens (including phenoxy) is 1. The van der Waals surface area contributed by atoms with Crippen molar-refractivity contribution in [2.45, 2.75) is 46.1 Å². The summed E-state index contributed by atoms with van der Waals surface area (Å²) in [5, 5.41) is 5.59. The molecule has 1 aromatic carbocycles. The summed E-state index contributed by atoms with van der Waals surface area (Å²) < 4.78 is 5.43. The smallest absolute Gasteiger partial charge is 0.233 e. The van der Waals surface area contributed by atoms with Crippen LogP contribution in [0.5, 0.6) is 0 Å². The van der Waals surface area contributed by atoms with Crippen LogP contribution in [-0.4, -0.2) is 31.1 Å². The van der Waals surface area contributed by atoms with Gasteiger partial charge in [0.05, 0.1) is 6.10 Å². The Kier molecular flexibility index (Phi) is 5.55. The van der Waals surface area contributed by atoms with Crippen LogP contribution in [0.2, 0.25) is 0 Å². The summed E-state index contributed by atoms with van der Waals surface area (Å²) in [6.07, 6.45) is 1.93. The number of amides is 2. The molecule has 0 radical (unpaired) electrons. The van der Waals surface area contributed by atoms with Crippen molar-refractivity contribution in [2.24, 2.45) is 0 Å². The molecule has 1 aromatic rings. The number of carbonyl (C=O) groups is 2. The zero-order valence-electron chi connectivity index (χ0n) is 13.5. The number of nitrogens with one attached hydrogen (secondary N) is 2. The Morgan fingerprint density at radius 3 is 2.45 bits per heavy atom. The van der Waals surface area contributed by atoms with E-state index >= 15 is 0 Å². The molecule has 0 spiro atoms.